The maximum Gasteiger partial charge on any atom is 0.241 e. The van der Waals surface area contributed by atoms with Crippen molar-refractivity contribution in [1.29, 1.82) is 5.26 Å². The molecule has 0 saturated heterocycles. The number of primary amides is 1. The molecule has 0 aromatic carbocycles. The summed E-state index contributed by atoms with van der Waals surface area (Å²) in [5.41, 5.74) is 6.36. The number of carbonyl (C=O) groups is 1. The lowest BCUT2D eigenvalue weighted by molar-refractivity contribution is -0.113. The summed E-state index contributed by atoms with van der Waals surface area (Å²) in [5.74, 6) is -0.181. The first kappa shape index (κ1) is 13.5. The molecule has 0 spiro atoms. The molecule has 2 rings (SSSR count). The highest BCUT2D eigenvalue weighted by molar-refractivity contribution is 5.96. The Kier molecular flexibility index (Phi) is 3.96. The maximum atomic E-state index is 10.8. The van der Waals surface area contributed by atoms with Crippen LogP contribution in [0.2, 0.25) is 0 Å². The van der Waals surface area contributed by atoms with E-state index in [1.54, 1.807) is 19.2 Å². The lowest BCUT2D eigenvalue weighted by atomic mass is 10.2. The quantitative estimate of drug-likeness (QED) is 0.790. The number of fused-ring (bicyclic) bond motifs is 1. The van der Waals surface area contributed by atoms with Crippen molar-refractivity contribution in [3.63, 3.8) is 0 Å². The summed E-state index contributed by atoms with van der Waals surface area (Å²) in [6.07, 6.45) is 5.82. The van der Waals surface area contributed by atoms with Crippen LogP contribution in [0.1, 0.15) is 18.9 Å². The molecule has 1 amide bonds. The average molecular weight is 271 g/mol. The van der Waals surface area contributed by atoms with Gasteiger partial charge in [0.1, 0.15) is 18.1 Å². The predicted octanol–water partition coefficient (Wildman–Crippen LogP) is 1.14. The zero-order valence-electron chi connectivity index (χ0n) is 10.8. The molecule has 3 N–H and O–H groups in total. The Labute approximate surface area is 115 Å². The SMILES string of the molecule is CC(CC#N)Oc1ncnc2[nH]cc(C=CC(N)=O)c12. The molecule has 7 heteroatoms. The van der Waals surface area contributed by atoms with Gasteiger partial charge in [-0.1, -0.05) is 0 Å². The summed E-state index contributed by atoms with van der Waals surface area (Å²) in [5, 5.41) is 9.30. The monoisotopic (exact) mass is 271 g/mol. The van der Waals surface area contributed by atoms with E-state index in [0.717, 1.165) is 0 Å². The smallest absolute Gasteiger partial charge is 0.241 e. The van der Waals surface area contributed by atoms with Gasteiger partial charge in [-0.2, -0.15) is 5.26 Å². The fourth-order valence-electron chi connectivity index (χ4n) is 1.71. The van der Waals surface area contributed by atoms with E-state index in [1.807, 2.05) is 6.07 Å². The number of hydrogen-bond donors (Lipinski definition) is 2. The lowest BCUT2D eigenvalue weighted by Gasteiger charge is -2.11. The summed E-state index contributed by atoms with van der Waals surface area (Å²) < 4.78 is 5.63. The molecule has 1 unspecified atom stereocenters. The fraction of sp³-hybridized carbons (Fsp3) is 0.231. The van der Waals surface area contributed by atoms with Crippen molar-refractivity contribution < 1.29 is 9.53 Å². The van der Waals surface area contributed by atoms with Crippen molar-refractivity contribution in [1.82, 2.24) is 15.0 Å². The van der Waals surface area contributed by atoms with Gasteiger partial charge in [0.25, 0.3) is 0 Å². The minimum Gasteiger partial charge on any atom is -0.473 e. The second-order valence-electron chi connectivity index (χ2n) is 4.17. The number of nitrogens with zero attached hydrogens (tertiary/aromatic N) is 3. The Morgan fingerprint density at radius 3 is 3.15 bits per heavy atom. The van der Waals surface area contributed by atoms with Crippen LogP contribution < -0.4 is 10.5 Å². The molecule has 0 aliphatic carbocycles. The number of hydrogen-bond acceptors (Lipinski definition) is 5. The molecule has 0 saturated carbocycles. The molecule has 1 atom stereocenters. The third-order valence-electron chi connectivity index (χ3n) is 2.58. The second kappa shape index (κ2) is 5.84. The summed E-state index contributed by atoms with van der Waals surface area (Å²) in [4.78, 5) is 21.9. The number of H-pyrrole nitrogens is 1. The third-order valence-corrected chi connectivity index (χ3v) is 2.58. The first-order chi connectivity index (χ1) is 9.61. The Morgan fingerprint density at radius 1 is 1.65 bits per heavy atom. The first-order valence-corrected chi connectivity index (χ1v) is 5.95. The van der Waals surface area contributed by atoms with Crippen LogP contribution in [-0.2, 0) is 4.79 Å². The van der Waals surface area contributed by atoms with Gasteiger partial charge in [-0.05, 0) is 13.0 Å². The number of nitrogens with one attached hydrogen (secondary N) is 1. The third kappa shape index (κ3) is 2.92. The number of nitrogens with two attached hydrogens (primary N) is 1. The Morgan fingerprint density at radius 2 is 2.45 bits per heavy atom. The van der Waals surface area contributed by atoms with Crippen molar-refractivity contribution in [3.05, 3.63) is 24.2 Å². The minimum absolute atomic E-state index is 0.252. The van der Waals surface area contributed by atoms with Crippen LogP contribution in [0.25, 0.3) is 17.1 Å². The lowest BCUT2D eigenvalue weighted by Crippen LogP contribution is -2.11. The second-order valence-corrected chi connectivity index (χ2v) is 4.17. The van der Waals surface area contributed by atoms with Crippen LogP contribution in [-0.4, -0.2) is 27.0 Å². The number of ether oxygens (including phenoxy) is 1. The van der Waals surface area contributed by atoms with E-state index in [-0.39, 0.29) is 12.5 Å². The van der Waals surface area contributed by atoms with Gasteiger partial charge in [0.2, 0.25) is 11.8 Å². The van der Waals surface area contributed by atoms with Crippen LogP contribution >= 0.6 is 0 Å². The zero-order valence-corrected chi connectivity index (χ0v) is 10.8. The molecule has 0 fully saturated rings. The molecule has 7 nitrogen and oxygen atoms in total. The van der Waals surface area contributed by atoms with Gasteiger partial charge in [0, 0.05) is 17.8 Å². The van der Waals surface area contributed by atoms with Gasteiger partial charge >= 0.3 is 0 Å². The molecule has 2 heterocycles. The largest absolute Gasteiger partial charge is 0.473 e. The number of nitriles is 1. The fourth-order valence-corrected chi connectivity index (χ4v) is 1.71. The Hall–Kier alpha value is -2.88. The summed E-state index contributed by atoms with van der Waals surface area (Å²) in [6, 6.07) is 2.03. The highest BCUT2D eigenvalue weighted by Gasteiger charge is 2.13. The van der Waals surface area contributed by atoms with Crippen LogP contribution in [0.3, 0.4) is 0 Å². The van der Waals surface area contributed by atoms with Crippen LogP contribution in [0.5, 0.6) is 5.88 Å². The van der Waals surface area contributed by atoms with Crippen molar-refractivity contribution in [2.75, 3.05) is 0 Å². The van der Waals surface area contributed by atoms with E-state index in [2.05, 4.69) is 15.0 Å². The van der Waals surface area contributed by atoms with Gasteiger partial charge in [-0.15, -0.1) is 0 Å². The van der Waals surface area contributed by atoms with Crippen LogP contribution in [0.4, 0.5) is 0 Å². The summed E-state index contributed by atoms with van der Waals surface area (Å²) in [7, 11) is 0. The van der Waals surface area contributed by atoms with E-state index in [1.165, 1.54) is 12.4 Å². The van der Waals surface area contributed by atoms with Crippen molar-refractivity contribution in [2.24, 2.45) is 5.73 Å². The zero-order chi connectivity index (χ0) is 14.5. The van der Waals surface area contributed by atoms with E-state index in [9.17, 15) is 4.79 Å². The molecular formula is C13H13N5O2. The van der Waals surface area contributed by atoms with Crippen molar-refractivity contribution in [2.45, 2.75) is 19.4 Å². The number of amides is 1. The van der Waals surface area contributed by atoms with Crippen LogP contribution in [0.15, 0.2) is 18.6 Å². The summed E-state index contributed by atoms with van der Waals surface area (Å²) >= 11 is 0. The standard InChI is InChI=1S/C13H13N5O2/c1-8(4-5-14)20-13-11-9(2-3-10(15)19)6-16-12(11)17-7-18-13/h2-3,6-8H,4H2,1H3,(H2,15,19)(H,16,17,18). The van der Waals surface area contributed by atoms with Crippen molar-refractivity contribution in [3.8, 4) is 11.9 Å². The van der Waals surface area contributed by atoms with E-state index >= 15 is 0 Å². The highest BCUT2D eigenvalue weighted by atomic mass is 16.5. The first-order valence-electron chi connectivity index (χ1n) is 5.95. The molecule has 0 bridgehead atoms. The molecular weight excluding hydrogens is 258 g/mol. The minimum atomic E-state index is -0.545. The average Bonchev–Trinajstić information content (AvgIpc) is 2.81. The maximum absolute atomic E-state index is 10.8. The van der Waals surface area contributed by atoms with Gasteiger partial charge in [-0.3, -0.25) is 4.79 Å². The van der Waals surface area contributed by atoms with Gasteiger partial charge < -0.3 is 15.5 Å². The topological polar surface area (TPSA) is 118 Å². The number of rotatable bonds is 5. The molecule has 2 aromatic rings. The summed E-state index contributed by atoms with van der Waals surface area (Å²) in [6.45, 7) is 1.78. The Bertz CT molecular complexity index is 698. The molecule has 0 aliphatic rings. The predicted molar refractivity (Wildman–Crippen MR) is 72.4 cm³/mol. The molecule has 102 valence electrons. The van der Waals surface area contributed by atoms with E-state index in [4.69, 9.17) is 15.7 Å². The van der Waals surface area contributed by atoms with E-state index in [0.29, 0.717) is 22.5 Å². The molecule has 20 heavy (non-hydrogen) atoms. The Balaban J connectivity index is 2.41. The molecule has 2 aromatic heterocycles. The molecule has 0 aliphatic heterocycles. The van der Waals surface area contributed by atoms with Gasteiger partial charge in [0.05, 0.1) is 17.9 Å². The van der Waals surface area contributed by atoms with Gasteiger partial charge in [-0.25, -0.2) is 9.97 Å². The van der Waals surface area contributed by atoms with Crippen LogP contribution in [0, 0.1) is 11.3 Å². The number of aromatic amines is 1. The number of carbonyl (C=O) groups excluding carboxylic acids is 1. The molecule has 0 radical (unpaired) electrons. The highest BCUT2D eigenvalue weighted by Crippen LogP contribution is 2.27. The normalized spacial score (nSPS) is 12.4. The number of aromatic nitrogens is 3. The van der Waals surface area contributed by atoms with E-state index < -0.39 is 5.91 Å². The van der Waals surface area contributed by atoms with Gasteiger partial charge in [0.15, 0.2) is 0 Å². The van der Waals surface area contributed by atoms with Crippen molar-refractivity contribution >= 4 is 23.0 Å².